The summed E-state index contributed by atoms with van der Waals surface area (Å²) >= 11 is 5.73. The average molecular weight is 261 g/mol. The van der Waals surface area contributed by atoms with Crippen LogP contribution in [0.5, 0.6) is 0 Å². The number of nitrogens with zero attached hydrogens (tertiary/aromatic N) is 1. The van der Waals surface area contributed by atoms with Crippen molar-refractivity contribution in [1.29, 1.82) is 0 Å². The van der Waals surface area contributed by atoms with E-state index in [0.717, 1.165) is 16.1 Å². The largest absolute Gasteiger partial charge is 0.364 e. The number of hydrogen-bond donors (Lipinski definition) is 1. The van der Waals surface area contributed by atoms with Gasteiger partial charge in [-0.1, -0.05) is 12.1 Å². The van der Waals surface area contributed by atoms with Crippen LogP contribution in [0.25, 0.3) is 12.2 Å². The van der Waals surface area contributed by atoms with Crippen molar-refractivity contribution in [3.05, 3.63) is 50.3 Å². The summed E-state index contributed by atoms with van der Waals surface area (Å²) in [6.07, 6.45) is 5.44. The van der Waals surface area contributed by atoms with E-state index in [1.54, 1.807) is 12.3 Å². The zero-order valence-corrected chi connectivity index (χ0v) is 10.1. The Balaban J connectivity index is 2.18. The first kappa shape index (κ1) is 11.0. The van der Waals surface area contributed by atoms with Gasteiger partial charge in [0, 0.05) is 11.4 Å². The first-order valence-electron chi connectivity index (χ1n) is 5.40. The number of aromatic amines is 1. The number of rotatable bonds is 2. The van der Waals surface area contributed by atoms with E-state index in [2.05, 4.69) is 10.1 Å². The predicted molar refractivity (Wildman–Crippen MR) is 70.8 cm³/mol. The fourth-order valence-electron chi connectivity index (χ4n) is 1.85. The van der Waals surface area contributed by atoms with Gasteiger partial charge in [-0.2, -0.15) is 0 Å². The monoisotopic (exact) mass is 260 g/mol. The third-order valence-corrected chi connectivity index (χ3v) is 3.05. The first-order chi connectivity index (χ1) is 8.78. The Labute approximate surface area is 107 Å². The highest BCUT2D eigenvalue weighted by Gasteiger charge is 2.08. The van der Waals surface area contributed by atoms with E-state index in [4.69, 9.17) is 16.1 Å². The molecule has 18 heavy (non-hydrogen) atoms. The Morgan fingerprint density at radius 2 is 2.33 bits per heavy atom. The summed E-state index contributed by atoms with van der Waals surface area (Å²) in [6.45, 7) is 0. The van der Waals surface area contributed by atoms with Gasteiger partial charge in [0.05, 0.1) is 22.8 Å². The van der Waals surface area contributed by atoms with Gasteiger partial charge in [0.25, 0.3) is 0 Å². The molecule has 0 saturated heterocycles. The summed E-state index contributed by atoms with van der Waals surface area (Å²) in [4.78, 5) is 15.7. The van der Waals surface area contributed by atoms with Crippen LogP contribution in [0.4, 0.5) is 5.69 Å². The molecule has 5 heteroatoms. The second kappa shape index (κ2) is 4.31. The lowest BCUT2D eigenvalue weighted by molar-refractivity contribution is 0.386. The number of H-pyrrole nitrogens is 1. The summed E-state index contributed by atoms with van der Waals surface area (Å²) in [7, 11) is 0. The maximum atomic E-state index is 11.5. The van der Waals surface area contributed by atoms with E-state index in [9.17, 15) is 4.79 Å². The van der Waals surface area contributed by atoms with Gasteiger partial charge in [-0.15, -0.1) is 11.6 Å². The molecule has 0 amide bonds. The lowest BCUT2D eigenvalue weighted by Crippen LogP contribution is -2.09. The molecule has 2 heterocycles. The minimum absolute atomic E-state index is 0.203. The average Bonchev–Trinajstić information content (AvgIpc) is 2.97. The molecule has 1 aliphatic heterocycles. The van der Waals surface area contributed by atoms with Gasteiger partial charge in [-0.05, 0) is 23.4 Å². The van der Waals surface area contributed by atoms with Crippen molar-refractivity contribution < 1.29 is 4.52 Å². The number of nitrogens with one attached hydrogen (secondary N) is 1. The second-order valence-electron chi connectivity index (χ2n) is 3.92. The minimum Gasteiger partial charge on any atom is -0.338 e. The molecule has 90 valence electrons. The summed E-state index contributed by atoms with van der Waals surface area (Å²) in [6, 6.07) is 5.80. The molecule has 1 aromatic heterocycles. The van der Waals surface area contributed by atoms with Crippen molar-refractivity contribution in [2.45, 2.75) is 5.88 Å². The van der Waals surface area contributed by atoms with Gasteiger partial charge in [-0.3, -0.25) is 4.99 Å². The molecule has 1 N–H and O–H groups in total. The van der Waals surface area contributed by atoms with Crippen molar-refractivity contribution in [3.63, 3.8) is 0 Å². The molecule has 3 rings (SSSR count). The van der Waals surface area contributed by atoms with Crippen LogP contribution in [0.3, 0.4) is 0 Å². The fourth-order valence-corrected chi connectivity index (χ4v) is 2.05. The standard InChI is InChI=1S/C13H9ClN2O2/c14-7-12-10(13(17)18-16-12)5-8-1-2-9-3-4-15-11(9)6-8/h1-6,16H,7H2/b8-5-. The lowest BCUT2D eigenvalue weighted by Gasteiger charge is -1.92. The summed E-state index contributed by atoms with van der Waals surface area (Å²) in [5.41, 5.74) is 1.52. The van der Waals surface area contributed by atoms with Gasteiger partial charge in [0.2, 0.25) is 0 Å². The van der Waals surface area contributed by atoms with E-state index < -0.39 is 5.63 Å². The summed E-state index contributed by atoms with van der Waals surface area (Å²) in [5.74, 6) is 0.203. The Morgan fingerprint density at radius 1 is 1.44 bits per heavy atom. The highest BCUT2D eigenvalue weighted by atomic mass is 35.5. The van der Waals surface area contributed by atoms with Gasteiger partial charge < -0.3 is 4.52 Å². The number of benzene rings is 1. The molecule has 0 saturated carbocycles. The number of alkyl halides is 1. The highest BCUT2D eigenvalue weighted by Crippen LogP contribution is 2.07. The molecule has 0 radical (unpaired) electrons. The quantitative estimate of drug-likeness (QED) is 0.820. The zero-order valence-electron chi connectivity index (χ0n) is 9.31. The van der Waals surface area contributed by atoms with Crippen LogP contribution in [0.1, 0.15) is 11.3 Å². The second-order valence-corrected chi connectivity index (χ2v) is 4.19. The van der Waals surface area contributed by atoms with Crippen molar-refractivity contribution >= 4 is 35.7 Å². The molecule has 0 unspecified atom stereocenters. The number of aromatic nitrogens is 1. The van der Waals surface area contributed by atoms with Crippen LogP contribution in [-0.4, -0.2) is 11.4 Å². The molecule has 1 aromatic carbocycles. The summed E-state index contributed by atoms with van der Waals surface area (Å²) in [5, 5.41) is 4.47. The number of aliphatic imine (C=N–C) groups is 1. The molecule has 0 fully saturated rings. The zero-order chi connectivity index (χ0) is 12.5. The third kappa shape index (κ3) is 1.80. The van der Waals surface area contributed by atoms with Crippen molar-refractivity contribution in [1.82, 2.24) is 5.16 Å². The van der Waals surface area contributed by atoms with Crippen LogP contribution in [0.15, 0.2) is 32.5 Å². The van der Waals surface area contributed by atoms with Crippen molar-refractivity contribution in [2.75, 3.05) is 0 Å². The van der Waals surface area contributed by atoms with E-state index in [0.29, 0.717) is 11.3 Å². The fraction of sp³-hybridized carbons (Fsp3) is 0.0769. The van der Waals surface area contributed by atoms with Crippen LogP contribution in [0.2, 0.25) is 0 Å². The van der Waals surface area contributed by atoms with E-state index in [1.807, 2.05) is 24.3 Å². The van der Waals surface area contributed by atoms with Crippen LogP contribution >= 0.6 is 11.6 Å². The minimum atomic E-state index is -0.416. The Hall–Kier alpha value is -2.07. The van der Waals surface area contributed by atoms with Crippen molar-refractivity contribution in [2.24, 2.45) is 4.99 Å². The number of fused-ring (bicyclic) bond motifs is 1. The van der Waals surface area contributed by atoms with E-state index in [-0.39, 0.29) is 5.88 Å². The SMILES string of the molecule is O=c1o[nH]c(CCl)c1/C=c1/ccc2c(c1)N=CC=2. The van der Waals surface area contributed by atoms with Gasteiger partial charge in [0.15, 0.2) is 0 Å². The van der Waals surface area contributed by atoms with Crippen LogP contribution in [-0.2, 0) is 5.88 Å². The topological polar surface area (TPSA) is 58.4 Å². The van der Waals surface area contributed by atoms with Crippen LogP contribution < -0.4 is 16.1 Å². The third-order valence-electron chi connectivity index (χ3n) is 2.78. The molecule has 0 aliphatic carbocycles. The molecule has 0 atom stereocenters. The highest BCUT2D eigenvalue weighted by molar-refractivity contribution is 6.17. The Kier molecular flexibility index (Phi) is 2.64. The maximum Gasteiger partial charge on any atom is 0.364 e. The molecule has 0 spiro atoms. The molecule has 4 nitrogen and oxygen atoms in total. The smallest absolute Gasteiger partial charge is 0.338 e. The molecule has 0 bridgehead atoms. The van der Waals surface area contributed by atoms with Gasteiger partial charge in [-0.25, -0.2) is 9.95 Å². The van der Waals surface area contributed by atoms with E-state index in [1.165, 1.54) is 0 Å². The van der Waals surface area contributed by atoms with Crippen LogP contribution in [0, 0.1) is 0 Å². The molecule has 1 aliphatic rings. The van der Waals surface area contributed by atoms with Gasteiger partial charge in [0.1, 0.15) is 0 Å². The molecular formula is C13H9ClN2O2. The summed E-state index contributed by atoms with van der Waals surface area (Å²) < 4.78 is 4.72. The Bertz CT molecular complexity index is 799. The lowest BCUT2D eigenvalue weighted by atomic mass is 10.1. The number of hydrogen-bond acceptors (Lipinski definition) is 3. The first-order valence-corrected chi connectivity index (χ1v) is 5.94. The van der Waals surface area contributed by atoms with Gasteiger partial charge >= 0.3 is 5.63 Å². The van der Waals surface area contributed by atoms with E-state index >= 15 is 0 Å². The Morgan fingerprint density at radius 3 is 3.17 bits per heavy atom. The van der Waals surface area contributed by atoms with Crippen molar-refractivity contribution in [3.8, 4) is 0 Å². The number of halogens is 1. The predicted octanol–water partition coefficient (Wildman–Crippen LogP) is 1.03. The normalized spacial score (nSPS) is 13.7. The molecular weight excluding hydrogens is 252 g/mol. The molecule has 2 aromatic rings. The maximum absolute atomic E-state index is 11.5.